The number of ketones is 1. The molecule has 0 heterocycles. The smallest absolute Gasteiger partial charge is 0.248 e. The van der Waals surface area contributed by atoms with Gasteiger partial charge in [-0.1, -0.05) is 36.4 Å². The number of hydrogen-bond donors (Lipinski definition) is 2. The molecule has 1 amide bonds. The number of nitrogens with one attached hydrogen (secondary N) is 1. The lowest BCUT2D eigenvalue weighted by Crippen LogP contribution is -2.14. The van der Waals surface area contributed by atoms with Crippen LogP contribution in [0.1, 0.15) is 15.9 Å². The van der Waals surface area contributed by atoms with Gasteiger partial charge in [0.05, 0.1) is 5.69 Å². The Labute approximate surface area is 134 Å². The highest BCUT2D eigenvalue weighted by atomic mass is 16.5. The second kappa shape index (κ2) is 7.91. The number of aromatic hydroxyl groups is 1. The Hall–Kier alpha value is -2.92. The number of amides is 1. The van der Waals surface area contributed by atoms with Crippen LogP contribution in [0.15, 0.2) is 54.6 Å². The van der Waals surface area contributed by atoms with Crippen LogP contribution in [-0.2, 0) is 9.53 Å². The van der Waals surface area contributed by atoms with Gasteiger partial charge in [0, 0.05) is 18.7 Å². The maximum Gasteiger partial charge on any atom is 0.248 e. The number of anilines is 1. The fraction of sp³-hybridized carbons (Fsp3) is 0.111. The van der Waals surface area contributed by atoms with Crippen molar-refractivity contribution in [1.82, 2.24) is 0 Å². The van der Waals surface area contributed by atoms with E-state index in [9.17, 15) is 14.7 Å². The molecule has 0 aliphatic rings. The van der Waals surface area contributed by atoms with Crippen LogP contribution < -0.4 is 5.32 Å². The van der Waals surface area contributed by atoms with E-state index in [-0.39, 0.29) is 29.4 Å². The van der Waals surface area contributed by atoms with Crippen molar-refractivity contribution in [3.8, 4) is 5.75 Å². The van der Waals surface area contributed by atoms with Gasteiger partial charge in [-0.3, -0.25) is 9.59 Å². The minimum Gasteiger partial charge on any atom is -0.506 e. The molecule has 2 aromatic rings. The lowest BCUT2D eigenvalue weighted by Gasteiger charge is -2.10. The summed E-state index contributed by atoms with van der Waals surface area (Å²) >= 11 is 0. The largest absolute Gasteiger partial charge is 0.506 e. The third kappa shape index (κ3) is 4.52. The minimum atomic E-state index is -0.443. The molecule has 0 aliphatic carbocycles. The number of rotatable bonds is 6. The maximum atomic E-state index is 12.0. The molecule has 118 valence electrons. The van der Waals surface area contributed by atoms with Gasteiger partial charge in [0.25, 0.3) is 0 Å². The van der Waals surface area contributed by atoms with E-state index < -0.39 is 5.91 Å². The van der Waals surface area contributed by atoms with Crippen molar-refractivity contribution >= 4 is 23.5 Å². The Bertz CT molecular complexity index is 723. The highest BCUT2D eigenvalue weighted by Crippen LogP contribution is 2.27. The summed E-state index contributed by atoms with van der Waals surface area (Å²) in [4.78, 5) is 24.0. The van der Waals surface area contributed by atoms with E-state index in [1.807, 2.05) is 30.3 Å². The molecule has 0 spiro atoms. The predicted octanol–water partition coefficient (Wildman–Crippen LogP) is 2.87. The Morgan fingerprint density at radius 1 is 1.13 bits per heavy atom. The maximum absolute atomic E-state index is 12.0. The summed E-state index contributed by atoms with van der Waals surface area (Å²) in [5, 5.41) is 12.4. The molecule has 0 radical (unpaired) electrons. The summed E-state index contributed by atoms with van der Waals surface area (Å²) in [5.41, 5.74) is 1.15. The van der Waals surface area contributed by atoms with Gasteiger partial charge < -0.3 is 15.2 Å². The number of carbonyl (C=O) groups excluding carboxylic acids is 2. The molecule has 0 saturated heterocycles. The van der Waals surface area contributed by atoms with E-state index in [4.69, 9.17) is 4.74 Å². The number of methoxy groups -OCH3 is 1. The normalized spacial score (nSPS) is 10.7. The van der Waals surface area contributed by atoms with Crippen molar-refractivity contribution in [3.05, 3.63) is 65.7 Å². The number of phenols is 1. The fourth-order valence-electron chi connectivity index (χ4n) is 2.01. The quantitative estimate of drug-likeness (QED) is 0.488. The number of carbonyl (C=O) groups is 2. The summed E-state index contributed by atoms with van der Waals surface area (Å²) in [7, 11) is 1.40. The molecular formula is C18H17NO4. The predicted molar refractivity (Wildman–Crippen MR) is 88.4 cm³/mol. The van der Waals surface area contributed by atoms with Gasteiger partial charge in [-0.05, 0) is 23.8 Å². The topological polar surface area (TPSA) is 75.6 Å². The van der Waals surface area contributed by atoms with Crippen LogP contribution in [0.25, 0.3) is 6.08 Å². The molecule has 2 rings (SSSR count). The molecule has 0 bridgehead atoms. The first kappa shape index (κ1) is 16.5. The summed E-state index contributed by atoms with van der Waals surface area (Å²) < 4.78 is 4.81. The van der Waals surface area contributed by atoms with Gasteiger partial charge in [0.15, 0.2) is 5.78 Å². The van der Waals surface area contributed by atoms with E-state index >= 15 is 0 Å². The van der Waals surface area contributed by atoms with Crippen LogP contribution >= 0.6 is 0 Å². The third-order valence-electron chi connectivity index (χ3n) is 3.09. The molecule has 2 aromatic carbocycles. The molecule has 2 N–H and O–H groups in total. The molecule has 0 aromatic heterocycles. The average Bonchev–Trinajstić information content (AvgIpc) is 2.56. The van der Waals surface area contributed by atoms with Crippen molar-refractivity contribution in [3.63, 3.8) is 0 Å². The van der Waals surface area contributed by atoms with Crippen LogP contribution in [0.4, 0.5) is 5.69 Å². The molecule has 5 heteroatoms. The summed E-state index contributed by atoms with van der Waals surface area (Å²) in [5.74, 6) is -0.944. The number of phenolic OH excluding ortho intramolecular Hbond substituents is 1. The van der Waals surface area contributed by atoms with E-state index in [1.165, 1.54) is 31.4 Å². The van der Waals surface area contributed by atoms with Gasteiger partial charge in [-0.2, -0.15) is 0 Å². The van der Waals surface area contributed by atoms with Crippen molar-refractivity contribution in [2.24, 2.45) is 0 Å². The van der Waals surface area contributed by atoms with Gasteiger partial charge in [-0.15, -0.1) is 0 Å². The monoisotopic (exact) mass is 311 g/mol. The first-order chi connectivity index (χ1) is 11.1. The molecule has 0 fully saturated rings. The highest BCUT2D eigenvalue weighted by molar-refractivity contribution is 6.09. The third-order valence-corrected chi connectivity index (χ3v) is 3.09. The molecule has 5 nitrogen and oxygen atoms in total. The van der Waals surface area contributed by atoms with Crippen molar-refractivity contribution in [1.29, 1.82) is 0 Å². The van der Waals surface area contributed by atoms with Gasteiger partial charge in [0.1, 0.15) is 12.4 Å². The first-order valence-corrected chi connectivity index (χ1v) is 7.00. The SMILES string of the molecule is COCC(=O)c1cccc(O)c1NC(=O)/C=C/c1ccccc1. The second-order valence-corrected chi connectivity index (χ2v) is 4.79. The molecule has 0 saturated carbocycles. The lowest BCUT2D eigenvalue weighted by atomic mass is 10.1. The zero-order chi connectivity index (χ0) is 16.7. The zero-order valence-corrected chi connectivity index (χ0v) is 12.7. The summed E-state index contributed by atoms with van der Waals surface area (Å²) in [6.45, 7) is -0.133. The van der Waals surface area contributed by atoms with Gasteiger partial charge in [-0.25, -0.2) is 0 Å². The van der Waals surface area contributed by atoms with Crippen molar-refractivity contribution in [2.45, 2.75) is 0 Å². The second-order valence-electron chi connectivity index (χ2n) is 4.79. The molecule has 0 aliphatic heterocycles. The van der Waals surface area contributed by atoms with Crippen LogP contribution in [0, 0.1) is 0 Å². The molecular weight excluding hydrogens is 294 g/mol. The Morgan fingerprint density at radius 2 is 1.87 bits per heavy atom. The van der Waals surface area contributed by atoms with Crippen molar-refractivity contribution < 1.29 is 19.4 Å². The van der Waals surface area contributed by atoms with E-state index in [0.717, 1.165) is 5.56 Å². The molecule has 0 unspecified atom stereocenters. The number of para-hydroxylation sites is 1. The highest BCUT2D eigenvalue weighted by Gasteiger charge is 2.15. The van der Waals surface area contributed by atoms with E-state index in [1.54, 1.807) is 6.08 Å². The van der Waals surface area contributed by atoms with Crippen LogP contribution in [0.5, 0.6) is 5.75 Å². The number of hydrogen-bond acceptors (Lipinski definition) is 4. The standard InChI is InChI=1S/C18H17NO4/c1-23-12-16(21)14-8-5-9-15(20)18(14)19-17(22)11-10-13-6-3-2-4-7-13/h2-11,20H,12H2,1H3,(H,19,22)/b11-10+. The molecule has 23 heavy (non-hydrogen) atoms. The van der Waals surface area contributed by atoms with Gasteiger partial charge in [0.2, 0.25) is 5.91 Å². The van der Waals surface area contributed by atoms with Gasteiger partial charge >= 0.3 is 0 Å². The number of Topliss-reactive ketones (excluding diaryl/α,β-unsaturated/α-hetero) is 1. The molecule has 0 atom stereocenters. The zero-order valence-electron chi connectivity index (χ0n) is 12.7. The van der Waals surface area contributed by atoms with Crippen molar-refractivity contribution in [2.75, 3.05) is 19.0 Å². The Balaban J connectivity index is 2.17. The van der Waals surface area contributed by atoms with Crippen LogP contribution in [-0.4, -0.2) is 30.5 Å². The van der Waals surface area contributed by atoms with E-state index in [2.05, 4.69) is 5.32 Å². The summed E-state index contributed by atoms with van der Waals surface area (Å²) in [6.07, 6.45) is 2.98. The van der Waals surface area contributed by atoms with Crippen LogP contribution in [0.3, 0.4) is 0 Å². The number of ether oxygens (including phenoxy) is 1. The number of benzene rings is 2. The first-order valence-electron chi connectivity index (χ1n) is 7.00. The Kier molecular flexibility index (Phi) is 5.66. The average molecular weight is 311 g/mol. The van der Waals surface area contributed by atoms with Crippen LogP contribution in [0.2, 0.25) is 0 Å². The lowest BCUT2D eigenvalue weighted by molar-refractivity contribution is -0.111. The fourth-order valence-corrected chi connectivity index (χ4v) is 2.01. The minimum absolute atomic E-state index is 0.0808. The van der Waals surface area contributed by atoms with E-state index in [0.29, 0.717) is 0 Å². The summed E-state index contributed by atoms with van der Waals surface area (Å²) in [6, 6.07) is 13.8. The Morgan fingerprint density at radius 3 is 2.57 bits per heavy atom.